The maximum Gasteiger partial charge on any atom is 0.414 e. The Morgan fingerprint density at radius 2 is 1.39 bits per heavy atom. The summed E-state index contributed by atoms with van der Waals surface area (Å²) >= 11 is 0. The van der Waals surface area contributed by atoms with E-state index in [4.69, 9.17) is 10.1 Å². The molecule has 170 valence electrons. The summed E-state index contributed by atoms with van der Waals surface area (Å²) in [7, 11) is -3.36. The first-order chi connectivity index (χ1) is 15.6. The molecule has 33 heavy (non-hydrogen) atoms. The van der Waals surface area contributed by atoms with Crippen molar-refractivity contribution in [1.29, 1.82) is 5.41 Å². The molecule has 0 unspecified atom stereocenters. The van der Waals surface area contributed by atoms with Gasteiger partial charge in [0.05, 0.1) is 0 Å². The van der Waals surface area contributed by atoms with Crippen LogP contribution in [0.25, 0.3) is 0 Å². The lowest BCUT2D eigenvalue weighted by molar-refractivity contribution is 0.0561. The van der Waals surface area contributed by atoms with Crippen LogP contribution in [0, 0.1) is 5.41 Å². The lowest BCUT2D eigenvalue weighted by atomic mass is 10.2. The average molecular weight is 464 g/mol. The Morgan fingerprint density at radius 3 is 1.91 bits per heavy atom. The lowest BCUT2D eigenvalue weighted by Gasteiger charge is -2.20. The van der Waals surface area contributed by atoms with E-state index in [1.807, 2.05) is 12.1 Å². The molecule has 0 bridgehead atoms. The van der Waals surface area contributed by atoms with Crippen LogP contribution in [0.3, 0.4) is 0 Å². The standard InChI is InChI=1S/C24H25N4O4P/c1-24(2,3)32-23(30)28-22(25)27-21(29)19-15-10-16-20(26-19)33(31,17-11-6-4-7-12-17)18-13-8-5-9-14-18/h4-16H,1-3H3,(H3,25,27,28,29,30). The molecule has 0 aliphatic heterocycles. The monoisotopic (exact) mass is 464 g/mol. The number of aromatic nitrogens is 1. The van der Waals surface area contributed by atoms with E-state index in [9.17, 15) is 14.2 Å². The summed E-state index contributed by atoms with van der Waals surface area (Å²) in [4.78, 5) is 28.9. The van der Waals surface area contributed by atoms with E-state index in [0.29, 0.717) is 10.6 Å². The Balaban J connectivity index is 1.88. The minimum absolute atomic E-state index is 0.0460. The molecule has 2 aromatic carbocycles. The molecule has 1 heterocycles. The van der Waals surface area contributed by atoms with Crippen LogP contribution in [0.15, 0.2) is 78.9 Å². The van der Waals surface area contributed by atoms with Gasteiger partial charge in [-0.15, -0.1) is 0 Å². The zero-order chi connectivity index (χ0) is 24.1. The first-order valence-electron chi connectivity index (χ1n) is 10.2. The number of benzene rings is 2. The van der Waals surface area contributed by atoms with Gasteiger partial charge in [-0.05, 0) is 32.9 Å². The fourth-order valence-electron chi connectivity index (χ4n) is 3.03. The molecule has 0 aliphatic rings. The second-order valence-corrected chi connectivity index (χ2v) is 10.8. The molecule has 3 aromatic rings. The first kappa shape index (κ1) is 23.9. The zero-order valence-electron chi connectivity index (χ0n) is 18.5. The van der Waals surface area contributed by atoms with Crippen molar-refractivity contribution < 1.29 is 18.9 Å². The zero-order valence-corrected chi connectivity index (χ0v) is 19.4. The average Bonchev–Trinajstić information content (AvgIpc) is 2.78. The van der Waals surface area contributed by atoms with Gasteiger partial charge < -0.3 is 9.30 Å². The number of rotatable bonds is 4. The van der Waals surface area contributed by atoms with E-state index in [-0.39, 0.29) is 11.1 Å². The predicted octanol–water partition coefficient (Wildman–Crippen LogP) is 2.91. The van der Waals surface area contributed by atoms with Gasteiger partial charge in [0, 0.05) is 10.6 Å². The predicted molar refractivity (Wildman–Crippen MR) is 128 cm³/mol. The third-order valence-corrected chi connectivity index (χ3v) is 7.34. The van der Waals surface area contributed by atoms with Gasteiger partial charge in [-0.1, -0.05) is 66.7 Å². The highest BCUT2D eigenvalue weighted by Gasteiger charge is 2.31. The molecule has 0 spiro atoms. The van der Waals surface area contributed by atoms with Crippen LogP contribution in [0.2, 0.25) is 0 Å². The molecule has 0 saturated heterocycles. The van der Waals surface area contributed by atoms with Gasteiger partial charge in [0.25, 0.3) is 5.91 Å². The second-order valence-electron chi connectivity index (χ2n) is 8.12. The van der Waals surface area contributed by atoms with Gasteiger partial charge in [-0.25, -0.2) is 9.78 Å². The Kier molecular flexibility index (Phi) is 7.09. The van der Waals surface area contributed by atoms with E-state index in [1.54, 1.807) is 81.4 Å². The number of carbonyl (C=O) groups excluding carboxylic acids is 2. The third kappa shape index (κ3) is 5.93. The molecule has 1 aromatic heterocycles. The number of hydrogen-bond acceptors (Lipinski definition) is 6. The number of alkyl carbamates (subject to hydrolysis) is 1. The molecule has 9 heteroatoms. The molecule has 0 radical (unpaired) electrons. The van der Waals surface area contributed by atoms with E-state index < -0.39 is 30.7 Å². The van der Waals surface area contributed by atoms with Gasteiger partial charge in [-0.3, -0.25) is 20.8 Å². The van der Waals surface area contributed by atoms with E-state index in [1.165, 1.54) is 6.07 Å². The van der Waals surface area contributed by atoms with Gasteiger partial charge >= 0.3 is 6.09 Å². The summed E-state index contributed by atoms with van der Waals surface area (Å²) in [5, 5.41) is 13.4. The quantitative estimate of drug-likeness (QED) is 0.311. The summed E-state index contributed by atoms with van der Waals surface area (Å²) in [6.45, 7) is 5.05. The number of nitrogens with zero attached hydrogens (tertiary/aromatic N) is 1. The van der Waals surface area contributed by atoms with Crippen molar-refractivity contribution >= 4 is 41.1 Å². The summed E-state index contributed by atoms with van der Waals surface area (Å²) < 4.78 is 19.4. The third-order valence-electron chi connectivity index (χ3n) is 4.39. The number of nitrogens with one attached hydrogen (secondary N) is 3. The molecular weight excluding hydrogens is 439 g/mol. The number of ether oxygens (including phenoxy) is 1. The number of hydrogen-bond donors (Lipinski definition) is 3. The van der Waals surface area contributed by atoms with Gasteiger partial charge in [0.15, 0.2) is 7.14 Å². The van der Waals surface area contributed by atoms with E-state index >= 15 is 0 Å². The van der Waals surface area contributed by atoms with Crippen molar-refractivity contribution in [2.24, 2.45) is 0 Å². The van der Waals surface area contributed by atoms with Crippen LogP contribution in [0.4, 0.5) is 4.79 Å². The van der Waals surface area contributed by atoms with Crippen LogP contribution in [-0.2, 0) is 9.30 Å². The van der Waals surface area contributed by atoms with Crippen LogP contribution < -0.4 is 26.7 Å². The van der Waals surface area contributed by atoms with Crippen LogP contribution in [-0.4, -0.2) is 28.5 Å². The Bertz CT molecular complexity index is 1160. The van der Waals surface area contributed by atoms with Crippen molar-refractivity contribution in [1.82, 2.24) is 15.6 Å². The lowest BCUT2D eigenvalue weighted by Crippen LogP contribution is -2.45. The largest absolute Gasteiger partial charge is 0.444 e. The highest BCUT2D eigenvalue weighted by molar-refractivity contribution is 7.85. The van der Waals surface area contributed by atoms with Crippen LogP contribution >= 0.6 is 7.14 Å². The van der Waals surface area contributed by atoms with Gasteiger partial charge in [0.2, 0.25) is 5.96 Å². The minimum Gasteiger partial charge on any atom is -0.444 e. The first-order valence-corrected chi connectivity index (χ1v) is 11.9. The van der Waals surface area contributed by atoms with E-state index in [0.717, 1.165) is 0 Å². The topological polar surface area (TPSA) is 121 Å². The number of pyridine rings is 1. The van der Waals surface area contributed by atoms with Crippen molar-refractivity contribution in [3.8, 4) is 0 Å². The van der Waals surface area contributed by atoms with Gasteiger partial charge in [-0.2, -0.15) is 0 Å². The van der Waals surface area contributed by atoms with E-state index in [2.05, 4.69) is 15.6 Å². The SMILES string of the molecule is CC(C)(C)OC(=O)NC(=N)NC(=O)c1cccc(P(=O)(c2ccccc2)c2ccccc2)n1. The van der Waals surface area contributed by atoms with Crippen molar-refractivity contribution in [2.75, 3.05) is 0 Å². The van der Waals surface area contributed by atoms with Crippen LogP contribution in [0.5, 0.6) is 0 Å². The van der Waals surface area contributed by atoms with Crippen molar-refractivity contribution in [3.63, 3.8) is 0 Å². The summed E-state index contributed by atoms with van der Waals surface area (Å²) in [6, 6.07) is 22.6. The molecule has 0 saturated carbocycles. The molecule has 8 nitrogen and oxygen atoms in total. The molecule has 2 amide bonds. The smallest absolute Gasteiger partial charge is 0.414 e. The minimum atomic E-state index is -3.36. The number of amides is 2. The maximum absolute atomic E-state index is 14.4. The maximum atomic E-state index is 14.4. The second kappa shape index (κ2) is 9.79. The van der Waals surface area contributed by atoms with Gasteiger partial charge in [0.1, 0.15) is 16.7 Å². The van der Waals surface area contributed by atoms with Crippen molar-refractivity contribution in [2.45, 2.75) is 26.4 Å². The Labute approximate surface area is 192 Å². The molecule has 0 fully saturated rings. The normalized spacial score (nSPS) is 11.4. The number of guanidine groups is 1. The molecule has 0 atom stereocenters. The highest BCUT2D eigenvalue weighted by atomic mass is 31.2. The fourth-order valence-corrected chi connectivity index (χ4v) is 5.58. The molecule has 3 rings (SSSR count). The highest BCUT2D eigenvalue weighted by Crippen LogP contribution is 2.41. The summed E-state index contributed by atoms with van der Waals surface area (Å²) in [6.07, 6.45) is -0.868. The fraction of sp³-hybridized carbons (Fsp3) is 0.167. The Morgan fingerprint density at radius 1 is 0.848 bits per heavy atom. The molecule has 3 N–H and O–H groups in total. The summed E-state index contributed by atoms with van der Waals surface area (Å²) in [5.41, 5.74) is -0.560. The van der Waals surface area contributed by atoms with Crippen LogP contribution in [0.1, 0.15) is 31.3 Å². The molecule has 0 aliphatic carbocycles. The number of carbonyl (C=O) groups is 2. The van der Waals surface area contributed by atoms with Crippen molar-refractivity contribution in [3.05, 3.63) is 84.6 Å². The summed E-state index contributed by atoms with van der Waals surface area (Å²) in [5.74, 6) is -1.29. The molecular formula is C24H25N4O4P. The Hall–Kier alpha value is -3.77.